The average Bonchev–Trinajstić information content (AvgIpc) is 3.25. The maximum Gasteiger partial charge on any atom is 0.237 e. The maximum absolute atomic E-state index is 12.9. The monoisotopic (exact) mass is 485 g/mol. The Bertz CT molecular complexity index is 1260. The zero-order valence-corrected chi connectivity index (χ0v) is 20.6. The molecule has 0 radical (unpaired) electrons. The topological polar surface area (TPSA) is 92.1 Å². The number of para-hydroxylation sites is 1. The van der Waals surface area contributed by atoms with E-state index in [0.29, 0.717) is 49.9 Å². The molecule has 1 atom stereocenters. The van der Waals surface area contributed by atoms with Crippen molar-refractivity contribution in [1.29, 1.82) is 0 Å². The van der Waals surface area contributed by atoms with E-state index in [-0.39, 0.29) is 0 Å². The van der Waals surface area contributed by atoms with Gasteiger partial charge in [0.15, 0.2) is 11.3 Å². The summed E-state index contributed by atoms with van der Waals surface area (Å²) in [7, 11) is -3.72. The number of aryl methyl sites for hydroxylation is 1. The molecule has 0 unspecified atom stereocenters. The first-order valence-electron chi connectivity index (χ1n) is 11.5. The van der Waals surface area contributed by atoms with Crippen LogP contribution in [0.2, 0.25) is 0 Å². The average molecular weight is 486 g/mol. The Morgan fingerprint density at radius 3 is 2.56 bits per heavy atom. The number of benzene rings is 2. The molecular weight excluding hydrogens is 454 g/mol. The molecule has 4 rings (SSSR count). The summed E-state index contributed by atoms with van der Waals surface area (Å²) in [6, 6.07) is 15.1. The van der Waals surface area contributed by atoms with E-state index in [9.17, 15) is 13.2 Å². The Kier molecular flexibility index (Phi) is 7.13. The van der Waals surface area contributed by atoms with Crippen LogP contribution < -0.4 is 15.0 Å². The number of nitrogens with one attached hydrogen (secondary N) is 1. The highest BCUT2D eigenvalue weighted by atomic mass is 32.2. The molecular formula is C25H31N3O5S. The molecule has 182 valence electrons. The van der Waals surface area contributed by atoms with E-state index in [4.69, 9.17) is 9.15 Å². The van der Waals surface area contributed by atoms with E-state index in [1.807, 2.05) is 56.3 Å². The van der Waals surface area contributed by atoms with Gasteiger partial charge in [0.05, 0.1) is 12.6 Å². The zero-order chi connectivity index (χ0) is 24.3. The van der Waals surface area contributed by atoms with Gasteiger partial charge in [0, 0.05) is 37.3 Å². The lowest BCUT2D eigenvalue weighted by molar-refractivity contribution is -0.119. The van der Waals surface area contributed by atoms with Gasteiger partial charge in [0.25, 0.3) is 0 Å². The van der Waals surface area contributed by atoms with E-state index in [1.165, 1.54) is 4.31 Å². The number of ether oxygens (including phenoxy) is 1. The fourth-order valence-corrected chi connectivity index (χ4v) is 5.52. The standard InChI is InChI=1S/C25H31N3O5S/c1-4-32-22-10-6-8-20-16-23(33-25(20)22)19(3)26-24(29)17-34(30,31)28-13-11-27(12-14-28)21-9-5-7-18(2)15-21/h5-10,15-16,19H,4,11-14,17H2,1-3H3,(H,26,29)/t19-/m1/s1. The van der Waals surface area contributed by atoms with Gasteiger partial charge in [-0.2, -0.15) is 4.31 Å². The fraction of sp³-hybridized carbons (Fsp3) is 0.400. The van der Waals surface area contributed by atoms with Gasteiger partial charge in [0.2, 0.25) is 15.9 Å². The van der Waals surface area contributed by atoms with E-state index >= 15 is 0 Å². The predicted octanol–water partition coefficient (Wildman–Crippen LogP) is 3.47. The van der Waals surface area contributed by atoms with Crippen molar-refractivity contribution in [3.63, 3.8) is 0 Å². The van der Waals surface area contributed by atoms with E-state index in [2.05, 4.69) is 16.3 Å². The molecule has 1 fully saturated rings. The third-order valence-electron chi connectivity index (χ3n) is 5.94. The minimum absolute atomic E-state index is 0.350. The number of piperazine rings is 1. The number of anilines is 1. The number of hydrogen-bond donors (Lipinski definition) is 1. The minimum Gasteiger partial charge on any atom is -0.490 e. The van der Waals surface area contributed by atoms with Crippen molar-refractivity contribution >= 4 is 32.6 Å². The first-order chi connectivity index (χ1) is 16.3. The number of rotatable bonds is 8. The lowest BCUT2D eigenvalue weighted by Gasteiger charge is -2.35. The highest BCUT2D eigenvalue weighted by Crippen LogP contribution is 2.31. The summed E-state index contributed by atoms with van der Waals surface area (Å²) in [6.45, 7) is 8.08. The lowest BCUT2D eigenvalue weighted by atomic mass is 10.2. The van der Waals surface area contributed by atoms with Gasteiger partial charge < -0.3 is 19.4 Å². The van der Waals surface area contributed by atoms with Crippen LogP contribution in [0, 0.1) is 6.92 Å². The van der Waals surface area contributed by atoms with Crippen LogP contribution in [0.3, 0.4) is 0 Å². The number of carbonyl (C=O) groups is 1. The quantitative estimate of drug-likeness (QED) is 0.525. The van der Waals surface area contributed by atoms with Crippen molar-refractivity contribution in [2.75, 3.05) is 43.4 Å². The second-order valence-corrected chi connectivity index (χ2v) is 10.5. The zero-order valence-electron chi connectivity index (χ0n) is 19.8. The van der Waals surface area contributed by atoms with Gasteiger partial charge in [-0.05, 0) is 50.6 Å². The normalized spacial score (nSPS) is 15.9. The van der Waals surface area contributed by atoms with Crippen LogP contribution in [0.4, 0.5) is 5.69 Å². The van der Waals surface area contributed by atoms with Gasteiger partial charge in [-0.1, -0.05) is 24.3 Å². The summed E-state index contributed by atoms with van der Waals surface area (Å²) < 4.78 is 38.7. The van der Waals surface area contributed by atoms with Crippen molar-refractivity contribution in [1.82, 2.24) is 9.62 Å². The van der Waals surface area contributed by atoms with Crippen LogP contribution in [0.15, 0.2) is 52.9 Å². The Morgan fingerprint density at radius 1 is 1.12 bits per heavy atom. The Labute approximate surface area is 200 Å². The first kappa shape index (κ1) is 24.1. The molecule has 3 aromatic rings. The Balaban J connectivity index is 1.35. The molecule has 0 saturated carbocycles. The smallest absolute Gasteiger partial charge is 0.237 e. The summed E-state index contributed by atoms with van der Waals surface area (Å²) in [4.78, 5) is 14.8. The van der Waals surface area contributed by atoms with Gasteiger partial charge in [-0.25, -0.2) is 8.42 Å². The number of hydrogen-bond acceptors (Lipinski definition) is 6. The Hall–Kier alpha value is -3.04. The molecule has 1 N–H and O–H groups in total. The maximum atomic E-state index is 12.9. The fourth-order valence-electron chi connectivity index (χ4n) is 4.20. The first-order valence-corrected chi connectivity index (χ1v) is 13.1. The number of nitrogens with zero attached hydrogens (tertiary/aromatic N) is 2. The molecule has 8 nitrogen and oxygen atoms in total. The third kappa shape index (κ3) is 5.37. The summed E-state index contributed by atoms with van der Waals surface area (Å²) in [5.41, 5.74) is 2.86. The summed E-state index contributed by atoms with van der Waals surface area (Å²) in [5, 5.41) is 3.62. The summed E-state index contributed by atoms with van der Waals surface area (Å²) in [6.07, 6.45) is 0. The highest BCUT2D eigenvalue weighted by molar-refractivity contribution is 7.89. The third-order valence-corrected chi connectivity index (χ3v) is 7.72. The molecule has 1 amide bonds. The largest absolute Gasteiger partial charge is 0.490 e. The molecule has 2 aromatic carbocycles. The van der Waals surface area contributed by atoms with Crippen LogP contribution >= 0.6 is 0 Å². The van der Waals surface area contributed by atoms with E-state index < -0.39 is 27.7 Å². The van der Waals surface area contributed by atoms with Crippen molar-refractivity contribution in [3.05, 3.63) is 59.9 Å². The highest BCUT2D eigenvalue weighted by Gasteiger charge is 2.30. The molecule has 9 heteroatoms. The van der Waals surface area contributed by atoms with Crippen molar-refractivity contribution < 1.29 is 22.4 Å². The van der Waals surface area contributed by atoms with E-state index in [1.54, 1.807) is 6.92 Å². The number of fused-ring (bicyclic) bond motifs is 1. The molecule has 0 bridgehead atoms. The predicted molar refractivity (Wildman–Crippen MR) is 133 cm³/mol. The van der Waals surface area contributed by atoms with Gasteiger partial charge in [-0.15, -0.1) is 0 Å². The van der Waals surface area contributed by atoms with Crippen molar-refractivity contribution in [2.24, 2.45) is 0 Å². The van der Waals surface area contributed by atoms with Crippen LogP contribution in [0.5, 0.6) is 5.75 Å². The van der Waals surface area contributed by atoms with Crippen molar-refractivity contribution in [2.45, 2.75) is 26.8 Å². The molecule has 2 heterocycles. The minimum atomic E-state index is -3.72. The second-order valence-electron chi connectivity index (χ2n) is 8.53. The Morgan fingerprint density at radius 2 is 1.85 bits per heavy atom. The SMILES string of the molecule is CCOc1cccc2cc([C@@H](C)NC(=O)CS(=O)(=O)N3CCN(c4cccc(C)c4)CC3)oc12. The van der Waals surface area contributed by atoms with Crippen molar-refractivity contribution in [3.8, 4) is 5.75 Å². The number of carbonyl (C=O) groups excluding carboxylic acids is 1. The van der Waals surface area contributed by atoms with Crippen LogP contribution in [-0.4, -0.2) is 57.2 Å². The van der Waals surface area contributed by atoms with Crippen LogP contribution in [-0.2, 0) is 14.8 Å². The number of sulfonamides is 1. The van der Waals surface area contributed by atoms with Gasteiger partial charge >= 0.3 is 0 Å². The van der Waals surface area contributed by atoms with Crippen LogP contribution in [0.1, 0.15) is 31.2 Å². The number of furan rings is 1. The molecule has 1 saturated heterocycles. The molecule has 1 aromatic heterocycles. The molecule has 1 aliphatic heterocycles. The van der Waals surface area contributed by atoms with Gasteiger partial charge in [-0.3, -0.25) is 4.79 Å². The molecule has 34 heavy (non-hydrogen) atoms. The summed E-state index contributed by atoms with van der Waals surface area (Å²) in [5.74, 6) is 0.0302. The van der Waals surface area contributed by atoms with Crippen LogP contribution in [0.25, 0.3) is 11.0 Å². The molecule has 0 aliphatic carbocycles. The summed E-state index contributed by atoms with van der Waals surface area (Å²) >= 11 is 0. The van der Waals surface area contributed by atoms with Gasteiger partial charge in [0.1, 0.15) is 11.5 Å². The molecule has 1 aliphatic rings. The second kappa shape index (κ2) is 10.1. The van der Waals surface area contributed by atoms with E-state index in [0.717, 1.165) is 16.6 Å². The number of amides is 1. The molecule has 0 spiro atoms. The lowest BCUT2D eigenvalue weighted by Crippen LogP contribution is -2.50.